The van der Waals surface area contributed by atoms with E-state index in [1.807, 2.05) is 37.3 Å². The number of ether oxygens (including phenoxy) is 1. The highest BCUT2D eigenvalue weighted by Gasteiger charge is 2.18. The molecule has 170 valence electrons. The maximum absolute atomic E-state index is 12.8. The fourth-order valence-electron chi connectivity index (χ4n) is 3.36. The van der Waals surface area contributed by atoms with Crippen LogP contribution < -0.4 is 14.2 Å². The van der Waals surface area contributed by atoms with E-state index >= 15 is 0 Å². The molecular formula is C24H22N2O5S2. The average Bonchev–Trinajstić information content (AvgIpc) is 2.79. The lowest BCUT2D eigenvalue weighted by molar-refractivity contribution is 0.417. The number of sulfonamides is 2. The minimum absolute atomic E-state index is 0.0142. The van der Waals surface area contributed by atoms with Crippen molar-refractivity contribution in [2.45, 2.75) is 16.7 Å². The second kappa shape index (κ2) is 8.76. The molecule has 0 aliphatic carbocycles. The summed E-state index contributed by atoms with van der Waals surface area (Å²) in [6.07, 6.45) is 0. The number of anilines is 2. The van der Waals surface area contributed by atoms with Gasteiger partial charge < -0.3 is 4.74 Å². The Kier molecular flexibility index (Phi) is 6.01. The van der Waals surface area contributed by atoms with Crippen LogP contribution in [0.25, 0.3) is 10.8 Å². The van der Waals surface area contributed by atoms with E-state index in [2.05, 4.69) is 9.44 Å². The quantitative estimate of drug-likeness (QED) is 0.396. The van der Waals surface area contributed by atoms with Gasteiger partial charge >= 0.3 is 0 Å². The fourth-order valence-corrected chi connectivity index (χ4v) is 5.51. The molecule has 2 N–H and O–H groups in total. The van der Waals surface area contributed by atoms with Gasteiger partial charge in [0, 0.05) is 5.69 Å². The van der Waals surface area contributed by atoms with Crippen molar-refractivity contribution >= 4 is 42.2 Å². The van der Waals surface area contributed by atoms with Crippen LogP contribution in [0.5, 0.6) is 5.75 Å². The third-order valence-electron chi connectivity index (χ3n) is 5.05. The lowest BCUT2D eigenvalue weighted by atomic mass is 10.1. The van der Waals surface area contributed by atoms with Crippen LogP contribution in [-0.4, -0.2) is 23.9 Å². The van der Waals surface area contributed by atoms with E-state index in [0.717, 1.165) is 16.3 Å². The van der Waals surface area contributed by atoms with Gasteiger partial charge in [-0.3, -0.25) is 9.44 Å². The van der Waals surface area contributed by atoms with Crippen molar-refractivity contribution in [1.82, 2.24) is 0 Å². The Morgan fingerprint density at radius 3 is 2.00 bits per heavy atom. The molecule has 9 heteroatoms. The zero-order chi connectivity index (χ0) is 23.6. The van der Waals surface area contributed by atoms with Gasteiger partial charge in [-0.15, -0.1) is 0 Å². The Morgan fingerprint density at radius 2 is 1.30 bits per heavy atom. The Bertz CT molecular complexity index is 1530. The van der Waals surface area contributed by atoms with Gasteiger partial charge in [0.15, 0.2) is 0 Å². The van der Waals surface area contributed by atoms with Gasteiger partial charge in [0.05, 0.1) is 22.6 Å². The number of fused-ring (bicyclic) bond motifs is 1. The highest BCUT2D eigenvalue weighted by atomic mass is 32.2. The molecule has 0 amide bonds. The van der Waals surface area contributed by atoms with E-state index in [9.17, 15) is 16.8 Å². The van der Waals surface area contributed by atoms with Gasteiger partial charge in [0.25, 0.3) is 20.0 Å². The Morgan fingerprint density at radius 1 is 0.667 bits per heavy atom. The first-order valence-corrected chi connectivity index (χ1v) is 12.9. The van der Waals surface area contributed by atoms with Crippen molar-refractivity contribution in [2.24, 2.45) is 0 Å². The molecule has 4 aromatic rings. The molecule has 4 aromatic carbocycles. The Labute approximate surface area is 193 Å². The van der Waals surface area contributed by atoms with Crippen molar-refractivity contribution in [1.29, 1.82) is 0 Å². The number of rotatable bonds is 7. The minimum atomic E-state index is -3.91. The van der Waals surface area contributed by atoms with E-state index < -0.39 is 20.0 Å². The number of hydrogen-bond donors (Lipinski definition) is 2. The van der Waals surface area contributed by atoms with Crippen LogP contribution in [0.2, 0.25) is 0 Å². The third-order valence-corrected chi connectivity index (χ3v) is 7.81. The zero-order valence-electron chi connectivity index (χ0n) is 17.9. The van der Waals surface area contributed by atoms with Crippen molar-refractivity contribution < 1.29 is 21.6 Å². The smallest absolute Gasteiger partial charge is 0.262 e. The molecule has 0 heterocycles. The molecule has 0 saturated heterocycles. The molecular weight excluding hydrogens is 460 g/mol. The molecule has 7 nitrogen and oxygen atoms in total. The van der Waals surface area contributed by atoms with Gasteiger partial charge in [-0.25, -0.2) is 16.8 Å². The van der Waals surface area contributed by atoms with Crippen LogP contribution in [0, 0.1) is 6.92 Å². The highest BCUT2D eigenvalue weighted by Crippen LogP contribution is 2.28. The number of nitrogens with one attached hydrogen (secondary N) is 2. The van der Waals surface area contributed by atoms with Crippen LogP contribution in [0.4, 0.5) is 11.4 Å². The van der Waals surface area contributed by atoms with Gasteiger partial charge in [-0.2, -0.15) is 0 Å². The summed E-state index contributed by atoms with van der Waals surface area (Å²) in [7, 11) is -6.30. The molecule has 33 heavy (non-hydrogen) atoms. The molecule has 0 radical (unpaired) electrons. The van der Waals surface area contributed by atoms with Crippen LogP contribution in [0.1, 0.15) is 5.56 Å². The number of benzene rings is 4. The first kappa shape index (κ1) is 22.6. The predicted molar refractivity (Wildman–Crippen MR) is 130 cm³/mol. The van der Waals surface area contributed by atoms with E-state index in [1.165, 1.54) is 37.4 Å². The first-order chi connectivity index (χ1) is 15.7. The largest absolute Gasteiger partial charge is 0.495 e. The van der Waals surface area contributed by atoms with Crippen LogP contribution in [0.15, 0.2) is 94.7 Å². The molecule has 0 aliphatic rings. The van der Waals surface area contributed by atoms with Gasteiger partial charge in [-0.05, 0) is 71.8 Å². The second-order valence-electron chi connectivity index (χ2n) is 7.45. The number of hydrogen-bond acceptors (Lipinski definition) is 5. The van der Waals surface area contributed by atoms with Crippen molar-refractivity contribution in [3.8, 4) is 5.75 Å². The maximum atomic E-state index is 12.8. The van der Waals surface area contributed by atoms with Crippen molar-refractivity contribution in [2.75, 3.05) is 16.6 Å². The van der Waals surface area contributed by atoms with E-state index in [0.29, 0.717) is 11.4 Å². The van der Waals surface area contributed by atoms with E-state index in [1.54, 1.807) is 24.3 Å². The Hall–Kier alpha value is -3.56. The van der Waals surface area contributed by atoms with E-state index in [4.69, 9.17) is 4.74 Å². The summed E-state index contributed by atoms with van der Waals surface area (Å²) < 4.78 is 61.5. The Balaban J connectivity index is 1.55. The number of methoxy groups -OCH3 is 1. The summed E-state index contributed by atoms with van der Waals surface area (Å²) in [5.74, 6) is 0.393. The summed E-state index contributed by atoms with van der Waals surface area (Å²) >= 11 is 0. The summed E-state index contributed by atoms with van der Waals surface area (Å²) in [6, 6.07) is 23.0. The SMILES string of the molecule is COc1ccc(C)cc1NS(=O)(=O)c1ccc(NS(=O)(=O)c2ccc3ccccc3c2)cc1. The minimum Gasteiger partial charge on any atom is -0.495 e. The average molecular weight is 483 g/mol. The molecule has 0 saturated carbocycles. The lowest BCUT2D eigenvalue weighted by Gasteiger charge is -2.13. The summed E-state index contributed by atoms with van der Waals surface area (Å²) in [5, 5.41) is 1.74. The molecule has 0 bridgehead atoms. The van der Waals surface area contributed by atoms with Gasteiger partial charge in [0.2, 0.25) is 0 Å². The monoisotopic (exact) mass is 482 g/mol. The molecule has 0 aromatic heterocycles. The van der Waals surface area contributed by atoms with Crippen molar-refractivity contribution in [3.63, 3.8) is 0 Å². The molecule has 0 atom stereocenters. The first-order valence-electron chi connectivity index (χ1n) is 9.97. The maximum Gasteiger partial charge on any atom is 0.262 e. The zero-order valence-corrected chi connectivity index (χ0v) is 19.6. The van der Waals surface area contributed by atoms with Crippen LogP contribution >= 0.6 is 0 Å². The third kappa shape index (κ3) is 4.94. The summed E-state index contributed by atoms with van der Waals surface area (Å²) in [6.45, 7) is 1.84. The fraction of sp³-hybridized carbons (Fsp3) is 0.0833. The van der Waals surface area contributed by atoms with Gasteiger partial charge in [0.1, 0.15) is 5.75 Å². The molecule has 0 spiro atoms. The number of aryl methyl sites for hydroxylation is 1. The van der Waals surface area contributed by atoms with Crippen LogP contribution in [-0.2, 0) is 20.0 Å². The molecule has 0 aliphatic heterocycles. The van der Waals surface area contributed by atoms with Crippen molar-refractivity contribution in [3.05, 3.63) is 90.5 Å². The topological polar surface area (TPSA) is 102 Å². The predicted octanol–water partition coefficient (Wildman–Crippen LogP) is 4.76. The molecule has 0 unspecified atom stereocenters. The van der Waals surface area contributed by atoms with Gasteiger partial charge in [-0.1, -0.05) is 36.4 Å². The normalized spacial score (nSPS) is 11.8. The summed E-state index contributed by atoms with van der Waals surface area (Å²) in [5.41, 5.74) is 1.43. The lowest BCUT2D eigenvalue weighted by Crippen LogP contribution is -2.15. The highest BCUT2D eigenvalue weighted by molar-refractivity contribution is 7.93. The molecule has 0 fully saturated rings. The second-order valence-corrected chi connectivity index (χ2v) is 10.8. The van der Waals surface area contributed by atoms with Crippen LogP contribution in [0.3, 0.4) is 0 Å². The van der Waals surface area contributed by atoms with E-state index in [-0.39, 0.29) is 15.5 Å². The summed E-state index contributed by atoms with van der Waals surface area (Å²) in [4.78, 5) is 0.103. The standard InChI is InChI=1S/C24H22N2O5S2/c1-17-7-14-24(31-2)23(15-17)26-32(27,28)21-12-9-20(10-13-21)25-33(29,30)22-11-8-18-5-3-4-6-19(18)16-22/h3-16,25-26H,1-2H3. The molecule has 4 rings (SSSR count).